The molecule has 0 radical (unpaired) electrons. The van der Waals surface area contributed by atoms with Crippen molar-refractivity contribution < 1.29 is 5.11 Å². The van der Waals surface area contributed by atoms with Gasteiger partial charge in [-0.05, 0) is 85.5 Å². The average molecular weight is 401 g/mol. The van der Waals surface area contributed by atoms with Gasteiger partial charge in [-0.1, -0.05) is 44.6 Å². The van der Waals surface area contributed by atoms with Gasteiger partial charge in [-0.25, -0.2) is 4.98 Å². The van der Waals surface area contributed by atoms with Crippen LogP contribution in [0, 0.1) is 28.6 Å². The third-order valence-electron chi connectivity index (χ3n) is 9.04. The molecule has 0 aliphatic heterocycles. The molecule has 6 atom stereocenters. The number of fused-ring (bicyclic) bond motifs is 7. The standard InChI is InChI=1S/C24H36N2OS/c1-4-5-14-25-22-26-19-11-13-23(2)17-10-12-24(3)16(8-9-20(24)27)15(17)6-7-18(23)21(19)28-22/h7,15-17,20,27H,4-6,8-14H2,1-3H3,(H,25,26)/t15-,16-,17-,20-,23+,24-/m0/s1. The minimum atomic E-state index is -0.0761. The van der Waals surface area contributed by atoms with Crippen LogP contribution in [0.15, 0.2) is 6.08 Å². The monoisotopic (exact) mass is 400 g/mol. The molecule has 4 aliphatic carbocycles. The van der Waals surface area contributed by atoms with E-state index in [4.69, 9.17) is 4.98 Å². The van der Waals surface area contributed by atoms with Crippen LogP contribution < -0.4 is 5.32 Å². The highest BCUT2D eigenvalue weighted by Crippen LogP contribution is 2.66. The maximum absolute atomic E-state index is 10.7. The molecule has 154 valence electrons. The predicted octanol–water partition coefficient (Wildman–Crippen LogP) is 5.90. The topological polar surface area (TPSA) is 45.2 Å². The summed E-state index contributed by atoms with van der Waals surface area (Å²) >= 11 is 1.90. The van der Waals surface area contributed by atoms with Crippen LogP contribution in [0.3, 0.4) is 0 Å². The number of aryl methyl sites for hydroxylation is 1. The Kier molecular flexibility index (Phi) is 4.67. The van der Waals surface area contributed by atoms with Gasteiger partial charge in [0.2, 0.25) is 0 Å². The fourth-order valence-corrected chi connectivity index (χ4v) is 8.51. The van der Waals surface area contributed by atoms with Crippen molar-refractivity contribution in [2.75, 3.05) is 11.9 Å². The number of anilines is 1. The Labute approximate surface area is 174 Å². The lowest BCUT2D eigenvalue weighted by Crippen LogP contribution is -2.50. The zero-order valence-corrected chi connectivity index (χ0v) is 18.6. The predicted molar refractivity (Wildman–Crippen MR) is 118 cm³/mol. The first-order valence-electron chi connectivity index (χ1n) is 11.6. The molecule has 1 aromatic heterocycles. The number of thiazole rings is 1. The van der Waals surface area contributed by atoms with E-state index in [1.807, 2.05) is 11.3 Å². The molecule has 0 bridgehead atoms. The lowest BCUT2D eigenvalue weighted by Gasteiger charge is -2.56. The highest BCUT2D eigenvalue weighted by molar-refractivity contribution is 7.16. The molecule has 0 saturated heterocycles. The quantitative estimate of drug-likeness (QED) is 0.619. The fraction of sp³-hybridized carbons (Fsp3) is 0.792. The highest BCUT2D eigenvalue weighted by Gasteiger charge is 2.58. The molecule has 4 heteroatoms. The van der Waals surface area contributed by atoms with Crippen LogP contribution in [0.5, 0.6) is 0 Å². The van der Waals surface area contributed by atoms with Gasteiger partial charge in [-0.3, -0.25) is 0 Å². The van der Waals surface area contributed by atoms with Gasteiger partial charge in [0.25, 0.3) is 0 Å². The molecule has 3 nitrogen and oxygen atoms in total. The molecule has 2 N–H and O–H groups in total. The molecule has 0 amide bonds. The molecule has 5 rings (SSSR count). The van der Waals surface area contributed by atoms with Crippen molar-refractivity contribution in [3.63, 3.8) is 0 Å². The minimum Gasteiger partial charge on any atom is -0.393 e. The maximum atomic E-state index is 10.7. The molecular formula is C24H36N2OS. The van der Waals surface area contributed by atoms with Gasteiger partial charge in [-0.15, -0.1) is 0 Å². The fourth-order valence-electron chi connectivity index (χ4n) is 7.30. The van der Waals surface area contributed by atoms with E-state index < -0.39 is 0 Å². The number of unbranched alkanes of at least 4 members (excludes halogenated alkanes) is 1. The van der Waals surface area contributed by atoms with Crippen LogP contribution in [-0.2, 0) is 6.42 Å². The Morgan fingerprint density at radius 1 is 1.21 bits per heavy atom. The summed E-state index contributed by atoms with van der Waals surface area (Å²) in [6.45, 7) is 8.20. The summed E-state index contributed by atoms with van der Waals surface area (Å²) in [6.07, 6.45) is 13.3. The van der Waals surface area contributed by atoms with Crippen molar-refractivity contribution in [1.29, 1.82) is 0 Å². The Bertz CT molecular complexity index is 786. The van der Waals surface area contributed by atoms with Gasteiger partial charge in [0, 0.05) is 6.54 Å². The molecule has 2 saturated carbocycles. The van der Waals surface area contributed by atoms with Crippen molar-refractivity contribution in [3.8, 4) is 0 Å². The molecule has 2 fully saturated rings. The van der Waals surface area contributed by atoms with Gasteiger partial charge < -0.3 is 10.4 Å². The third kappa shape index (κ3) is 2.66. The number of nitrogens with zero attached hydrogens (tertiary/aromatic N) is 1. The summed E-state index contributed by atoms with van der Waals surface area (Å²) in [5, 5.41) is 15.3. The number of aromatic nitrogens is 1. The van der Waals surface area contributed by atoms with Crippen LogP contribution >= 0.6 is 11.3 Å². The first-order valence-corrected chi connectivity index (χ1v) is 12.4. The molecule has 0 aromatic carbocycles. The van der Waals surface area contributed by atoms with E-state index in [0.29, 0.717) is 11.3 Å². The first kappa shape index (κ1) is 19.1. The average Bonchev–Trinajstić information content (AvgIpc) is 3.22. The van der Waals surface area contributed by atoms with Crippen molar-refractivity contribution >= 4 is 22.0 Å². The molecule has 28 heavy (non-hydrogen) atoms. The Hall–Kier alpha value is -0.870. The van der Waals surface area contributed by atoms with Crippen molar-refractivity contribution in [2.24, 2.45) is 28.6 Å². The van der Waals surface area contributed by atoms with Crippen LogP contribution in [0.2, 0.25) is 0 Å². The first-order chi connectivity index (χ1) is 13.5. The van der Waals surface area contributed by atoms with Gasteiger partial charge in [-0.2, -0.15) is 0 Å². The molecule has 0 unspecified atom stereocenters. The second-order valence-corrected chi connectivity index (χ2v) is 11.4. The number of rotatable bonds is 4. The normalized spacial score (nSPS) is 41.5. The summed E-state index contributed by atoms with van der Waals surface area (Å²) in [7, 11) is 0. The molecule has 1 aromatic rings. The third-order valence-corrected chi connectivity index (χ3v) is 10.1. The van der Waals surface area contributed by atoms with E-state index in [2.05, 4.69) is 32.2 Å². The van der Waals surface area contributed by atoms with E-state index in [9.17, 15) is 5.11 Å². The van der Waals surface area contributed by atoms with E-state index in [1.165, 1.54) is 55.5 Å². The molecule has 0 spiro atoms. The number of allylic oxidation sites excluding steroid dienone is 2. The highest BCUT2D eigenvalue weighted by atomic mass is 32.1. The van der Waals surface area contributed by atoms with Crippen molar-refractivity contribution in [3.05, 3.63) is 16.6 Å². The minimum absolute atomic E-state index is 0.0761. The molecule has 1 heterocycles. The number of aliphatic hydroxyl groups is 1. The van der Waals surface area contributed by atoms with Gasteiger partial charge in [0.05, 0.1) is 16.7 Å². The largest absolute Gasteiger partial charge is 0.393 e. The second-order valence-electron chi connectivity index (χ2n) is 10.4. The van der Waals surface area contributed by atoms with Crippen LogP contribution in [0.4, 0.5) is 5.13 Å². The van der Waals surface area contributed by atoms with E-state index >= 15 is 0 Å². The molecule has 4 aliphatic rings. The van der Waals surface area contributed by atoms with E-state index in [1.54, 1.807) is 5.57 Å². The lowest BCUT2D eigenvalue weighted by atomic mass is 9.48. The van der Waals surface area contributed by atoms with Crippen LogP contribution in [0.25, 0.3) is 5.57 Å². The zero-order chi connectivity index (χ0) is 19.5. The number of aliphatic hydroxyl groups excluding tert-OH is 1. The Morgan fingerprint density at radius 3 is 2.89 bits per heavy atom. The lowest BCUT2D eigenvalue weighted by molar-refractivity contribution is -0.0579. The van der Waals surface area contributed by atoms with Gasteiger partial charge >= 0.3 is 0 Å². The van der Waals surface area contributed by atoms with E-state index in [-0.39, 0.29) is 11.5 Å². The summed E-state index contributed by atoms with van der Waals surface area (Å²) in [6, 6.07) is 0. The van der Waals surface area contributed by atoms with Crippen molar-refractivity contribution in [2.45, 2.75) is 84.7 Å². The zero-order valence-electron chi connectivity index (χ0n) is 17.8. The Balaban J connectivity index is 1.45. The number of hydrogen-bond donors (Lipinski definition) is 2. The summed E-state index contributed by atoms with van der Waals surface area (Å²) in [5.74, 6) is 2.26. The molecular weight excluding hydrogens is 364 g/mol. The summed E-state index contributed by atoms with van der Waals surface area (Å²) in [5.41, 5.74) is 3.42. The van der Waals surface area contributed by atoms with Gasteiger partial charge in [0.1, 0.15) is 0 Å². The Morgan fingerprint density at radius 2 is 2.07 bits per heavy atom. The summed E-state index contributed by atoms with van der Waals surface area (Å²) < 4.78 is 0. The van der Waals surface area contributed by atoms with Crippen LogP contribution in [0.1, 0.15) is 82.7 Å². The second kappa shape index (κ2) is 6.84. The van der Waals surface area contributed by atoms with E-state index in [0.717, 1.165) is 36.4 Å². The smallest absolute Gasteiger partial charge is 0.183 e. The SMILES string of the molecule is CCCCNc1nc2c(s1)C1=CC[C@H]3[C@@H]4CC[C@H](O)[C@@]4(C)CC[C@@H]3[C@@]1(C)CC2. The maximum Gasteiger partial charge on any atom is 0.183 e. The van der Waals surface area contributed by atoms with Gasteiger partial charge in [0.15, 0.2) is 5.13 Å². The summed E-state index contributed by atoms with van der Waals surface area (Å²) in [4.78, 5) is 6.43. The van der Waals surface area contributed by atoms with Crippen LogP contribution in [-0.4, -0.2) is 22.7 Å². The number of hydrogen-bond acceptors (Lipinski definition) is 4. The van der Waals surface area contributed by atoms with Crippen molar-refractivity contribution in [1.82, 2.24) is 4.98 Å². The number of nitrogens with one attached hydrogen (secondary N) is 1.